The molecular weight excluding hydrogens is 292 g/mol. The van der Waals surface area contributed by atoms with Crippen molar-refractivity contribution in [3.8, 4) is 0 Å². The first-order valence-corrected chi connectivity index (χ1v) is 7.46. The third kappa shape index (κ3) is 2.60. The average Bonchev–Trinajstić information content (AvgIpc) is 1.98. The zero-order valence-electron chi connectivity index (χ0n) is 7.12. The van der Waals surface area contributed by atoms with E-state index in [0.717, 1.165) is 6.26 Å². The molecule has 0 radical (unpaired) electrons. The van der Waals surface area contributed by atoms with Crippen LogP contribution in [0.1, 0.15) is 0 Å². The fraction of sp³-hybridized carbons (Fsp3) is 1.00. The number of hydrogen-bond donors (Lipinski definition) is 1. The molecule has 0 aliphatic carbocycles. The van der Waals surface area contributed by atoms with Gasteiger partial charge in [0.05, 0.1) is 16.0 Å². The van der Waals surface area contributed by atoms with E-state index in [9.17, 15) is 8.42 Å². The zero-order chi connectivity index (χ0) is 11.1. The molecule has 8 heteroatoms. The van der Waals surface area contributed by atoms with Gasteiger partial charge >= 0.3 is 0 Å². The number of nitrogens with one attached hydrogen (secondary N) is 1. The Bertz CT molecular complexity index is 295. The predicted octanol–water partition coefficient (Wildman–Crippen LogP) is 1.35. The van der Waals surface area contributed by atoms with E-state index in [-0.39, 0.29) is 0 Å². The number of sulfone groups is 1. The molecule has 0 aromatic rings. The van der Waals surface area contributed by atoms with Crippen LogP contribution in [-0.2, 0) is 9.84 Å². The Morgan fingerprint density at radius 2 is 1.36 bits per heavy atom. The average molecular weight is 301 g/mol. The molecular formula is C6H9Cl4NO2S. The van der Waals surface area contributed by atoms with E-state index >= 15 is 0 Å². The summed E-state index contributed by atoms with van der Waals surface area (Å²) in [5.41, 5.74) is -1.40. The number of hydrogen-bond acceptors (Lipinski definition) is 3. The minimum atomic E-state index is -3.36. The van der Waals surface area contributed by atoms with Crippen molar-refractivity contribution in [2.45, 2.75) is 27.0 Å². The summed E-state index contributed by atoms with van der Waals surface area (Å²) in [6, 6.07) is 0. The van der Waals surface area contributed by atoms with Gasteiger partial charge in [-0.25, -0.2) is 8.42 Å². The number of piperidine rings is 1. The molecule has 0 saturated carbocycles. The van der Waals surface area contributed by atoms with Gasteiger partial charge in [-0.1, -0.05) is 0 Å². The Morgan fingerprint density at radius 3 is 1.64 bits per heavy atom. The lowest BCUT2D eigenvalue weighted by Gasteiger charge is -2.37. The van der Waals surface area contributed by atoms with Crippen LogP contribution in [0.4, 0.5) is 0 Å². The molecule has 1 aliphatic rings. The minimum Gasteiger partial charge on any atom is -0.283 e. The largest absolute Gasteiger partial charge is 0.283 e. The summed E-state index contributed by atoms with van der Waals surface area (Å²) < 4.78 is 22.8. The Balaban J connectivity index is 3.00. The van der Waals surface area contributed by atoms with Crippen molar-refractivity contribution in [1.82, 2.24) is 5.32 Å². The van der Waals surface area contributed by atoms with Crippen LogP contribution in [0.3, 0.4) is 0 Å². The third-order valence-corrected chi connectivity index (χ3v) is 5.97. The molecule has 1 heterocycles. The van der Waals surface area contributed by atoms with Gasteiger partial charge in [-0.05, 0) is 0 Å². The topological polar surface area (TPSA) is 46.2 Å². The normalized spacial score (nSPS) is 45.1. The molecule has 0 amide bonds. The van der Waals surface area contributed by atoms with Gasteiger partial charge in [-0.15, -0.1) is 46.4 Å². The van der Waals surface area contributed by atoms with Crippen LogP contribution < -0.4 is 5.32 Å². The fourth-order valence-electron chi connectivity index (χ4n) is 1.32. The van der Waals surface area contributed by atoms with E-state index in [2.05, 4.69) is 5.32 Å². The van der Waals surface area contributed by atoms with E-state index in [1.807, 2.05) is 0 Å². The summed E-state index contributed by atoms with van der Waals surface area (Å²) in [5, 5.41) is 0.174. The van der Waals surface area contributed by atoms with Crippen LogP contribution in [0, 0.1) is 0 Å². The highest BCUT2D eigenvalue weighted by Gasteiger charge is 2.46. The van der Waals surface area contributed by atoms with Crippen LogP contribution in [0.15, 0.2) is 0 Å². The predicted molar refractivity (Wildman–Crippen MR) is 60.3 cm³/mol. The zero-order valence-corrected chi connectivity index (χ0v) is 11.0. The molecule has 0 bridgehead atoms. The summed E-state index contributed by atoms with van der Waals surface area (Å²) in [7, 11) is -3.36. The first kappa shape index (κ1) is 13.1. The van der Waals surface area contributed by atoms with Crippen molar-refractivity contribution in [3.63, 3.8) is 0 Å². The lowest BCUT2D eigenvalue weighted by molar-refractivity contribution is 0.457. The first-order valence-electron chi connectivity index (χ1n) is 3.76. The van der Waals surface area contributed by atoms with E-state index in [0.29, 0.717) is 0 Å². The monoisotopic (exact) mass is 299 g/mol. The van der Waals surface area contributed by atoms with Crippen molar-refractivity contribution >= 4 is 56.2 Å². The summed E-state index contributed by atoms with van der Waals surface area (Å²) >= 11 is 23.3. The number of halogens is 4. The number of alkyl halides is 4. The molecule has 1 rings (SSSR count). The molecule has 1 saturated heterocycles. The minimum absolute atomic E-state index is 0.700. The van der Waals surface area contributed by atoms with Crippen LogP contribution in [0.2, 0.25) is 0 Å². The summed E-state index contributed by atoms with van der Waals surface area (Å²) in [5.74, 6) is 0. The van der Waals surface area contributed by atoms with E-state index < -0.39 is 36.8 Å². The summed E-state index contributed by atoms with van der Waals surface area (Å²) in [4.78, 5) is 0. The Morgan fingerprint density at radius 1 is 1.00 bits per heavy atom. The van der Waals surface area contributed by atoms with Crippen LogP contribution in [-0.4, -0.2) is 41.7 Å². The molecule has 0 spiro atoms. The van der Waals surface area contributed by atoms with Crippen molar-refractivity contribution in [2.75, 3.05) is 6.26 Å². The quantitative estimate of drug-likeness (QED) is 0.587. The third-order valence-electron chi connectivity index (χ3n) is 2.00. The SMILES string of the molecule is CS(=O)(=O)C1C(Cl)C(Cl)NC(Cl)C1Cl. The Hall–Kier alpha value is 1.07. The van der Waals surface area contributed by atoms with Crippen LogP contribution >= 0.6 is 46.4 Å². The van der Waals surface area contributed by atoms with Gasteiger partial charge in [0.1, 0.15) is 11.0 Å². The van der Waals surface area contributed by atoms with E-state index in [1.165, 1.54) is 0 Å². The van der Waals surface area contributed by atoms with Gasteiger partial charge in [0.15, 0.2) is 9.84 Å². The molecule has 84 valence electrons. The van der Waals surface area contributed by atoms with Crippen LogP contribution in [0.25, 0.3) is 0 Å². The highest BCUT2D eigenvalue weighted by atomic mass is 35.5. The molecule has 4 unspecified atom stereocenters. The fourth-order valence-corrected chi connectivity index (χ4v) is 5.05. The summed E-state index contributed by atoms with van der Waals surface area (Å²) in [6.45, 7) is 0. The van der Waals surface area contributed by atoms with Crippen molar-refractivity contribution in [2.24, 2.45) is 0 Å². The Labute approximate surface area is 103 Å². The molecule has 3 nitrogen and oxygen atoms in total. The molecule has 4 atom stereocenters. The highest BCUT2D eigenvalue weighted by Crippen LogP contribution is 2.31. The maximum atomic E-state index is 11.4. The second-order valence-electron chi connectivity index (χ2n) is 3.15. The molecule has 1 N–H and O–H groups in total. The van der Waals surface area contributed by atoms with Crippen molar-refractivity contribution in [1.29, 1.82) is 0 Å². The number of rotatable bonds is 1. The molecule has 1 fully saturated rings. The lowest BCUT2D eigenvalue weighted by Crippen LogP contribution is -2.59. The maximum absolute atomic E-state index is 11.4. The standard InChI is InChI=1S/C6H9Cl4NO2S/c1-14(12,13)4-2(7)5(9)11-6(10)3(4)8/h2-6,11H,1H3. The van der Waals surface area contributed by atoms with Gasteiger partial charge in [0.2, 0.25) is 0 Å². The van der Waals surface area contributed by atoms with Gasteiger partial charge in [-0.2, -0.15) is 0 Å². The first-order chi connectivity index (χ1) is 6.25. The van der Waals surface area contributed by atoms with Gasteiger partial charge in [0.25, 0.3) is 0 Å². The van der Waals surface area contributed by atoms with Gasteiger partial charge < -0.3 is 0 Å². The maximum Gasteiger partial charge on any atom is 0.153 e. The lowest BCUT2D eigenvalue weighted by atomic mass is 10.1. The second-order valence-corrected chi connectivity index (χ2v) is 7.30. The summed E-state index contributed by atoms with van der Waals surface area (Å²) in [6.07, 6.45) is 1.07. The van der Waals surface area contributed by atoms with Gasteiger partial charge in [-0.3, -0.25) is 5.32 Å². The second kappa shape index (κ2) is 4.52. The smallest absolute Gasteiger partial charge is 0.153 e. The van der Waals surface area contributed by atoms with Gasteiger partial charge in [0, 0.05) is 6.26 Å². The molecule has 0 aromatic carbocycles. The highest BCUT2D eigenvalue weighted by molar-refractivity contribution is 7.91. The Kier molecular flexibility index (Phi) is 4.24. The molecule has 0 aromatic heterocycles. The van der Waals surface area contributed by atoms with Crippen molar-refractivity contribution in [3.05, 3.63) is 0 Å². The molecule has 1 aliphatic heterocycles. The van der Waals surface area contributed by atoms with Crippen LogP contribution in [0.5, 0.6) is 0 Å². The van der Waals surface area contributed by atoms with Crippen molar-refractivity contribution < 1.29 is 8.42 Å². The van der Waals surface area contributed by atoms with E-state index in [1.54, 1.807) is 0 Å². The van der Waals surface area contributed by atoms with E-state index in [4.69, 9.17) is 46.4 Å². The molecule has 14 heavy (non-hydrogen) atoms.